The van der Waals surface area contributed by atoms with Crippen molar-refractivity contribution < 1.29 is 4.39 Å². The van der Waals surface area contributed by atoms with Gasteiger partial charge in [-0.25, -0.2) is 4.39 Å². The van der Waals surface area contributed by atoms with E-state index in [2.05, 4.69) is 19.2 Å². The molecule has 1 unspecified atom stereocenters. The Kier molecular flexibility index (Phi) is 3.74. The molecule has 0 fully saturated rings. The van der Waals surface area contributed by atoms with Crippen molar-refractivity contribution >= 4 is 5.69 Å². The van der Waals surface area contributed by atoms with Crippen molar-refractivity contribution in [3.05, 3.63) is 30.1 Å². The minimum absolute atomic E-state index is 0.175. The maximum Gasteiger partial charge on any atom is 0.146 e. The van der Waals surface area contributed by atoms with Crippen molar-refractivity contribution in [2.75, 3.05) is 11.9 Å². The van der Waals surface area contributed by atoms with Crippen LogP contribution in [-0.4, -0.2) is 6.54 Å². The van der Waals surface area contributed by atoms with Gasteiger partial charge in [0.2, 0.25) is 0 Å². The molecule has 0 aromatic heterocycles. The topological polar surface area (TPSA) is 12.0 Å². The van der Waals surface area contributed by atoms with Crippen LogP contribution in [0.15, 0.2) is 24.3 Å². The van der Waals surface area contributed by atoms with Gasteiger partial charge in [0.05, 0.1) is 5.69 Å². The smallest absolute Gasteiger partial charge is 0.146 e. The van der Waals surface area contributed by atoms with Gasteiger partial charge in [-0.3, -0.25) is 0 Å². The monoisotopic (exact) mass is 181 g/mol. The van der Waals surface area contributed by atoms with Crippen LogP contribution in [0.1, 0.15) is 20.3 Å². The summed E-state index contributed by atoms with van der Waals surface area (Å²) in [7, 11) is 0. The molecule has 13 heavy (non-hydrogen) atoms. The highest BCUT2D eigenvalue weighted by Crippen LogP contribution is 2.13. The lowest BCUT2D eigenvalue weighted by atomic mass is 10.1. The molecular formula is C11H16FN. The van der Waals surface area contributed by atoms with Crippen LogP contribution in [0.5, 0.6) is 0 Å². The van der Waals surface area contributed by atoms with Gasteiger partial charge in [0.25, 0.3) is 0 Å². The first-order valence-corrected chi connectivity index (χ1v) is 4.72. The van der Waals surface area contributed by atoms with Crippen molar-refractivity contribution in [1.29, 1.82) is 0 Å². The lowest BCUT2D eigenvalue weighted by Crippen LogP contribution is -2.10. The quantitative estimate of drug-likeness (QED) is 0.751. The minimum atomic E-state index is -0.175. The Morgan fingerprint density at radius 2 is 2.08 bits per heavy atom. The van der Waals surface area contributed by atoms with E-state index in [4.69, 9.17) is 0 Å². The molecule has 0 radical (unpaired) electrons. The summed E-state index contributed by atoms with van der Waals surface area (Å²) < 4.78 is 13.1. The molecule has 0 heterocycles. The molecule has 72 valence electrons. The van der Waals surface area contributed by atoms with Crippen LogP contribution in [0.2, 0.25) is 0 Å². The van der Waals surface area contributed by atoms with Gasteiger partial charge in [-0.15, -0.1) is 0 Å². The summed E-state index contributed by atoms with van der Waals surface area (Å²) in [6, 6.07) is 6.77. The van der Waals surface area contributed by atoms with E-state index in [0.29, 0.717) is 11.6 Å². The van der Waals surface area contributed by atoms with Crippen molar-refractivity contribution in [2.24, 2.45) is 5.92 Å². The van der Waals surface area contributed by atoms with Gasteiger partial charge in [0.15, 0.2) is 0 Å². The first-order valence-electron chi connectivity index (χ1n) is 4.72. The molecular weight excluding hydrogens is 165 g/mol. The van der Waals surface area contributed by atoms with Crippen LogP contribution < -0.4 is 5.32 Å². The van der Waals surface area contributed by atoms with Crippen LogP contribution in [0.4, 0.5) is 10.1 Å². The summed E-state index contributed by atoms with van der Waals surface area (Å²) in [6.07, 6.45) is 1.11. The van der Waals surface area contributed by atoms with Crippen molar-refractivity contribution in [1.82, 2.24) is 0 Å². The number of hydrogen-bond acceptors (Lipinski definition) is 1. The molecule has 1 rings (SSSR count). The summed E-state index contributed by atoms with van der Waals surface area (Å²) in [4.78, 5) is 0. The lowest BCUT2D eigenvalue weighted by Gasteiger charge is -2.11. The number of halogens is 1. The van der Waals surface area contributed by atoms with Crippen LogP contribution in [0, 0.1) is 11.7 Å². The van der Waals surface area contributed by atoms with E-state index < -0.39 is 0 Å². The summed E-state index contributed by atoms with van der Waals surface area (Å²) in [5, 5.41) is 3.09. The Morgan fingerprint density at radius 3 is 2.69 bits per heavy atom. The van der Waals surface area contributed by atoms with E-state index in [0.717, 1.165) is 13.0 Å². The van der Waals surface area contributed by atoms with Gasteiger partial charge in [0, 0.05) is 6.54 Å². The van der Waals surface area contributed by atoms with Crippen molar-refractivity contribution in [3.63, 3.8) is 0 Å². The highest BCUT2D eigenvalue weighted by Gasteiger charge is 2.01. The number of benzene rings is 1. The zero-order chi connectivity index (χ0) is 9.68. The summed E-state index contributed by atoms with van der Waals surface area (Å²) in [5.41, 5.74) is 0.600. The van der Waals surface area contributed by atoms with Crippen LogP contribution >= 0.6 is 0 Å². The predicted octanol–water partition coefficient (Wildman–Crippen LogP) is 3.28. The number of anilines is 1. The van der Waals surface area contributed by atoms with Crippen molar-refractivity contribution in [3.8, 4) is 0 Å². The molecule has 0 spiro atoms. The molecule has 0 saturated carbocycles. The summed E-state index contributed by atoms with van der Waals surface area (Å²) in [5.74, 6) is 0.408. The molecule has 0 bridgehead atoms. The SMILES string of the molecule is CCC(C)CNc1ccccc1F. The third kappa shape index (κ3) is 3.05. The molecule has 1 aromatic carbocycles. The second-order valence-corrected chi connectivity index (χ2v) is 3.37. The third-order valence-corrected chi connectivity index (χ3v) is 2.21. The summed E-state index contributed by atoms with van der Waals surface area (Å²) >= 11 is 0. The van der Waals surface area contributed by atoms with Gasteiger partial charge in [-0.05, 0) is 18.1 Å². The zero-order valence-corrected chi connectivity index (χ0v) is 8.18. The van der Waals surface area contributed by atoms with E-state index >= 15 is 0 Å². The van der Waals surface area contributed by atoms with Crippen LogP contribution in [-0.2, 0) is 0 Å². The lowest BCUT2D eigenvalue weighted by molar-refractivity contribution is 0.585. The molecule has 0 saturated heterocycles. The Hall–Kier alpha value is -1.05. The van der Waals surface area contributed by atoms with Gasteiger partial charge in [0.1, 0.15) is 5.82 Å². The molecule has 1 nitrogen and oxygen atoms in total. The molecule has 2 heteroatoms. The molecule has 1 aromatic rings. The highest BCUT2D eigenvalue weighted by molar-refractivity contribution is 5.44. The van der Waals surface area contributed by atoms with Crippen LogP contribution in [0.3, 0.4) is 0 Å². The molecule has 0 aliphatic rings. The Bertz CT molecular complexity index is 260. The fourth-order valence-electron chi connectivity index (χ4n) is 1.03. The fraction of sp³-hybridized carbons (Fsp3) is 0.455. The Labute approximate surface area is 79.0 Å². The van der Waals surface area contributed by atoms with Gasteiger partial charge < -0.3 is 5.32 Å². The Balaban J connectivity index is 2.50. The van der Waals surface area contributed by atoms with Crippen LogP contribution in [0.25, 0.3) is 0 Å². The van der Waals surface area contributed by atoms with Gasteiger partial charge in [-0.1, -0.05) is 32.4 Å². The first-order chi connectivity index (χ1) is 6.24. The second kappa shape index (κ2) is 4.85. The second-order valence-electron chi connectivity index (χ2n) is 3.37. The van der Waals surface area contributed by atoms with E-state index in [1.807, 2.05) is 6.07 Å². The maximum absolute atomic E-state index is 13.1. The average Bonchev–Trinajstić information content (AvgIpc) is 2.16. The maximum atomic E-state index is 13.1. The van der Waals surface area contributed by atoms with E-state index in [-0.39, 0.29) is 5.82 Å². The molecule has 1 N–H and O–H groups in total. The number of hydrogen-bond donors (Lipinski definition) is 1. The van der Waals surface area contributed by atoms with E-state index in [1.165, 1.54) is 6.07 Å². The predicted molar refractivity (Wildman–Crippen MR) is 54.3 cm³/mol. The molecule has 0 aliphatic heterocycles. The third-order valence-electron chi connectivity index (χ3n) is 2.21. The van der Waals surface area contributed by atoms with Crippen molar-refractivity contribution in [2.45, 2.75) is 20.3 Å². The Morgan fingerprint density at radius 1 is 1.38 bits per heavy atom. The van der Waals surface area contributed by atoms with Gasteiger partial charge in [-0.2, -0.15) is 0 Å². The number of rotatable bonds is 4. The van der Waals surface area contributed by atoms with Gasteiger partial charge >= 0.3 is 0 Å². The fourth-order valence-corrected chi connectivity index (χ4v) is 1.03. The van der Waals surface area contributed by atoms with E-state index in [9.17, 15) is 4.39 Å². The zero-order valence-electron chi connectivity index (χ0n) is 8.18. The number of nitrogens with one attached hydrogen (secondary N) is 1. The molecule has 0 amide bonds. The van der Waals surface area contributed by atoms with E-state index in [1.54, 1.807) is 12.1 Å². The molecule has 0 aliphatic carbocycles. The highest BCUT2D eigenvalue weighted by atomic mass is 19.1. The normalized spacial score (nSPS) is 12.5. The largest absolute Gasteiger partial charge is 0.382 e. The average molecular weight is 181 g/mol. The number of para-hydroxylation sites is 1. The standard InChI is InChI=1S/C11H16FN/c1-3-9(2)8-13-11-7-5-4-6-10(11)12/h4-7,9,13H,3,8H2,1-2H3. The summed E-state index contributed by atoms with van der Waals surface area (Å²) in [6.45, 7) is 5.11. The molecule has 1 atom stereocenters. The first kappa shape index (κ1) is 10.0. The minimum Gasteiger partial charge on any atom is -0.382 e.